The topological polar surface area (TPSA) is 55.8 Å². The highest BCUT2D eigenvalue weighted by Gasteiger charge is 2.25. The summed E-state index contributed by atoms with van der Waals surface area (Å²) < 4.78 is 11.7. The molecule has 0 saturated heterocycles. The molecular weight excluding hydrogens is 284 g/mol. The molecule has 0 heterocycles. The fourth-order valence-corrected chi connectivity index (χ4v) is 2.72. The highest BCUT2D eigenvalue weighted by molar-refractivity contribution is 6.14. The van der Waals surface area contributed by atoms with Gasteiger partial charge in [-0.15, -0.1) is 0 Å². The molecule has 0 aliphatic heterocycles. The number of ether oxygens (including phenoxy) is 2. The minimum Gasteiger partial charge on any atom is -0.478 e. The van der Waals surface area contributed by atoms with Crippen LogP contribution in [0.25, 0.3) is 0 Å². The molecule has 0 amide bonds. The van der Waals surface area contributed by atoms with Crippen LogP contribution in [0.4, 0.5) is 0 Å². The number of aliphatic carboxylic acids is 1. The van der Waals surface area contributed by atoms with E-state index in [1.807, 2.05) is 0 Å². The van der Waals surface area contributed by atoms with E-state index in [4.69, 9.17) is 9.47 Å². The highest BCUT2D eigenvalue weighted by atomic mass is 28.1. The maximum atomic E-state index is 11.4. The molecule has 0 radical (unpaired) electrons. The Kier molecular flexibility index (Phi) is 11.6. The zero-order chi connectivity index (χ0) is 16.3. The van der Waals surface area contributed by atoms with Gasteiger partial charge in [-0.25, -0.2) is 4.79 Å². The van der Waals surface area contributed by atoms with Crippen molar-refractivity contribution in [1.29, 1.82) is 0 Å². The Morgan fingerprint density at radius 3 is 1.90 bits per heavy atom. The van der Waals surface area contributed by atoms with Crippen molar-refractivity contribution in [2.45, 2.75) is 71.6 Å². The van der Waals surface area contributed by atoms with Gasteiger partial charge in [0.15, 0.2) is 6.29 Å². The predicted molar refractivity (Wildman–Crippen MR) is 89.8 cm³/mol. The first-order chi connectivity index (χ1) is 9.99. The van der Waals surface area contributed by atoms with Crippen LogP contribution in [-0.4, -0.2) is 40.8 Å². The molecular formula is C16H32O4Si. The molecule has 1 unspecified atom stereocenters. The summed E-state index contributed by atoms with van der Waals surface area (Å²) in [7, 11) is 0.902. The SMILES string of the molecule is CCCCOC(OCCCC)C(=C(C)C(=O)O)C([SiH3])CC. The summed E-state index contributed by atoms with van der Waals surface area (Å²) in [5.41, 5.74) is 1.49. The largest absolute Gasteiger partial charge is 0.478 e. The Morgan fingerprint density at radius 1 is 1.10 bits per heavy atom. The van der Waals surface area contributed by atoms with Crippen LogP contribution >= 0.6 is 0 Å². The monoisotopic (exact) mass is 316 g/mol. The molecule has 21 heavy (non-hydrogen) atoms. The van der Waals surface area contributed by atoms with Gasteiger partial charge in [-0.1, -0.05) is 40.0 Å². The molecule has 0 rings (SSSR count). The molecule has 1 N–H and O–H groups in total. The van der Waals surface area contributed by atoms with Crippen LogP contribution in [0.15, 0.2) is 11.1 Å². The fourth-order valence-electron chi connectivity index (χ4n) is 2.02. The lowest BCUT2D eigenvalue weighted by Crippen LogP contribution is -2.26. The second-order valence-electron chi connectivity index (χ2n) is 5.48. The van der Waals surface area contributed by atoms with Gasteiger partial charge in [0, 0.05) is 15.8 Å². The van der Waals surface area contributed by atoms with E-state index in [0.717, 1.165) is 47.9 Å². The van der Waals surface area contributed by atoms with Gasteiger partial charge in [0.25, 0.3) is 0 Å². The van der Waals surface area contributed by atoms with Crippen LogP contribution in [0.2, 0.25) is 5.54 Å². The second-order valence-corrected chi connectivity index (χ2v) is 6.87. The molecule has 0 spiro atoms. The zero-order valence-corrected chi connectivity index (χ0v) is 16.3. The number of hydrogen-bond donors (Lipinski definition) is 1. The van der Waals surface area contributed by atoms with E-state index in [2.05, 4.69) is 20.8 Å². The Bertz CT molecular complexity index is 318. The molecule has 124 valence electrons. The third-order valence-electron chi connectivity index (χ3n) is 3.69. The Morgan fingerprint density at radius 2 is 1.57 bits per heavy atom. The van der Waals surface area contributed by atoms with Crippen molar-refractivity contribution in [3.05, 3.63) is 11.1 Å². The molecule has 0 aromatic carbocycles. The number of unbranched alkanes of at least 4 members (excludes halogenated alkanes) is 2. The van der Waals surface area contributed by atoms with Gasteiger partial charge in [0.2, 0.25) is 0 Å². The van der Waals surface area contributed by atoms with Crippen molar-refractivity contribution < 1.29 is 19.4 Å². The summed E-state index contributed by atoms with van der Waals surface area (Å²) in [6.45, 7) is 9.19. The lowest BCUT2D eigenvalue weighted by atomic mass is 10.0. The number of carboxylic acid groups (broad SMARTS) is 1. The minimum absolute atomic E-state index is 0.273. The summed E-state index contributed by atoms with van der Waals surface area (Å²) in [5, 5.41) is 9.34. The average Bonchev–Trinajstić information content (AvgIpc) is 2.46. The van der Waals surface area contributed by atoms with Crippen LogP contribution in [-0.2, 0) is 14.3 Å². The molecule has 1 atom stereocenters. The van der Waals surface area contributed by atoms with Crippen LogP contribution in [0.1, 0.15) is 59.8 Å². The lowest BCUT2D eigenvalue weighted by Gasteiger charge is -2.26. The quantitative estimate of drug-likeness (QED) is 0.260. The first kappa shape index (κ1) is 20.3. The van der Waals surface area contributed by atoms with E-state index in [-0.39, 0.29) is 5.54 Å². The van der Waals surface area contributed by atoms with E-state index in [1.54, 1.807) is 6.92 Å². The Hall–Kier alpha value is -0.653. The Labute approximate surface area is 132 Å². The van der Waals surface area contributed by atoms with E-state index >= 15 is 0 Å². The van der Waals surface area contributed by atoms with Crippen molar-refractivity contribution in [3.8, 4) is 0 Å². The third kappa shape index (κ3) is 7.78. The lowest BCUT2D eigenvalue weighted by molar-refractivity contribution is -0.135. The predicted octanol–water partition coefficient (Wildman–Crippen LogP) is 2.91. The van der Waals surface area contributed by atoms with Crippen molar-refractivity contribution in [3.63, 3.8) is 0 Å². The maximum Gasteiger partial charge on any atom is 0.331 e. The number of carbonyl (C=O) groups is 1. The van der Waals surface area contributed by atoms with E-state index in [1.165, 1.54) is 0 Å². The third-order valence-corrected chi connectivity index (χ3v) is 5.12. The number of carboxylic acids is 1. The van der Waals surface area contributed by atoms with Gasteiger partial charge in [0.05, 0.1) is 13.2 Å². The fraction of sp³-hybridized carbons (Fsp3) is 0.812. The maximum absolute atomic E-state index is 11.4. The van der Waals surface area contributed by atoms with Crippen LogP contribution in [0, 0.1) is 0 Å². The normalized spacial score (nSPS) is 14.3. The number of rotatable bonds is 12. The smallest absolute Gasteiger partial charge is 0.331 e. The minimum atomic E-state index is -0.873. The molecule has 0 bridgehead atoms. The summed E-state index contributed by atoms with van der Waals surface area (Å²) in [4.78, 5) is 11.4. The summed E-state index contributed by atoms with van der Waals surface area (Å²) in [5.74, 6) is -0.873. The standard InChI is InChI=1S/C16H32O4Si/c1-5-8-10-19-16(20-11-9-6-2)14(13(21)7-3)12(4)15(17)18/h13,16H,5-11H2,1-4,21H3,(H,17,18). The van der Waals surface area contributed by atoms with E-state index in [9.17, 15) is 9.90 Å². The molecule has 0 aromatic heterocycles. The first-order valence-corrected chi connectivity index (χ1v) is 9.32. The highest BCUT2D eigenvalue weighted by Crippen LogP contribution is 2.28. The summed E-state index contributed by atoms with van der Waals surface area (Å²) >= 11 is 0. The molecule has 0 fully saturated rings. The van der Waals surface area contributed by atoms with Gasteiger partial charge < -0.3 is 14.6 Å². The van der Waals surface area contributed by atoms with E-state index < -0.39 is 12.3 Å². The van der Waals surface area contributed by atoms with Crippen molar-refractivity contribution >= 4 is 16.2 Å². The first-order valence-electron chi connectivity index (χ1n) is 8.16. The second kappa shape index (κ2) is 11.9. The van der Waals surface area contributed by atoms with Crippen LogP contribution in [0.3, 0.4) is 0 Å². The molecule has 0 aromatic rings. The van der Waals surface area contributed by atoms with Crippen LogP contribution in [0.5, 0.6) is 0 Å². The summed E-state index contributed by atoms with van der Waals surface area (Å²) in [6.07, 6.45) is 4.46. The van der Waals surface area contributed by atoms with Gasteiger partial charge in [-0.3, -0.25) is 0 Å². The van der Waals surface area contributed by atoms with Gasteiger partial charge in [0.1, 0.15) is 0 Å². The number of hydrogen-bond acceptors (Lipinski definition) is 3. The average molecular weight is 317 g/mol. The van der Waals surface area contributed by atoms with E-state index in [0.29, 0.717) is 18.8 Å². The Balaban J connectivity index is 5.14. The summed E-state index contributed by atoms with van der Waals surface area (Å²) in [6, 6.07) is 0. The van der Waals surface area contributed by atoms with Crippen molar-refractivity contribution in [2.24, 2.45) is 0 Å². The van der Waals surface area contributed by atoms with Gasteiger partial charge in [-0.05, 0) is 30.9 Å². The molecule has 0 aliphatic carbocycles. The van der Waals surface area contributed by atoms with Crippen LogP contribution < -0.4 is 0 Å². The molecule has 0 aliphatic rings. The molecule has 4 nitrogen and oxygen atoms in total. The van der Waals surface area contributed by atoms with Crippen molar-refractivity contribution in [1.82, 2.24) is 0 Å². The van der Waals surface area contributed by atoms with Crippen molar-refractivity contribution in [2.75, 3.05) is 13.2 Å². The molecule has 5 heteroatoms. The zero-order valence-electron chi connectivity index (χ0n) is 14.3. The molecule has 0 saturated carbocycles. The van der Waals surface area contributed by atoms with Gasteiger partial charge >= 0.3 is 5.97 Å². The van der Waals surface area contributed by atoms with Gasteiger partial charge in [-0.2, -0.15) is 0 Å².